The maximum absolute atomic E-state index is 12.2. The maximum atomic E-state index is 12.2. The fourth-order valence-electron chi connectivity index (χ4n) is 2.69. The van der Waals surface area contributed by atoms with Crippen LogP contribution < -0.4 is 0 Å². The zero-order valence-electron chi connectivity index (χ0n) is 14.4. The topological polar surface area (TPSA) is 65.0 Å². The summed E-state index contributed by atoms with van der Waals surface area (Å²) in [5.74, 6) is -0.566. The highest BCUT2D eigenvalue weighted by Crippen LogP contribution is 2.26. The predicted molar refractivity (Wildman–Crippen MR) is 107 cm³/mol. The lowest BCUT2D eigenvalue weighted by molar-refractivity contribution is -0.146. The average Bonchev–Trinajstić information content (AvgIpc) is 2.90. The maximum Gasteiger partial charge on any atom is 0.219 e. The molecule has 0 bridgehead atoms. The van der Waals surface area contributed by atoms with Crippen molar-refractivity contribution in [3.63, 3.8) is 0 Å². The van der Waals surface area contributed by atoms with Crippen molar-refractivity contribution in [3.05, 3.63) is 67.6 Å². The van der Waals surface area contributed by atoms with Crippen LogP contribution in [0.1, 0.15) is 11.1 Å². The van der Waals surface area contributed by atoms with Crippen LogP contribution in [0, 0.1) is 0 Å². The van der Waals surface area contributed by atoms with Crippen LogP contribution in [0.5, 0.6) is 0 Å². The van der Waals surface area contributed by atoms with Crippen LogP contribution in [0.4, 0.5) is 0 Å². The van der Waals surface area contributed by atoms with Crippen molar-refractivity contribution in [1.82, 2.24) is 0 Å². The number of halogens is 4. The molecule has 5 nitrogen and oxygen atoms in total. The van der Waals surface area contributed by atoms with Gasteiger partial charge in [0.25, 0.3) is 0 Å². The van der Waals surface area contributed by atoms with Crippen LogP contribution in [0.2, 0.25) is 20.1 Å². The van der Waals surface area contributed by atoms with Gasteiger partial charge >= 0.3 is 0 Å². The molecule has 0 amide bonds. The van der Waals surface area contributed by atoms with Gasteiger partial charge in [0.15, 0.2) is 0 Å². The molecule has 2 aromatic rings. The van der Waals surface area contributed by atoms with Gasteiger partial charge in [0.05, 0.1) is 19.8 Å². The molecule has 3 atom stereocenters. The lowest BCUT2D eigenvalue weighted by atomic mass is 10.1. The van der Waals surface area contributed by atoms with Crippen molar-refractivity contribution >= 4 is 52.2 Å². The Morgan fingerprint density at radius 2 is 1.50 bits per heavy atom. The van der Waals surface area contributed by atoms with E-state index in [1.807, 2.05) is 0 Å². The van der Waals surface area contributed by atoms with E-state index in [1.165, 1.54) is 0 Å². The minimum atomic E-state index is -1.56. The molecule has 1 aliphatic rings. The van der Waals surface area contributed by atoms with Gasteiger partial charge in [0, 0.05) is 20.1 Å². The highest BCUT2D eigenvalue weighted by Gasteiger charge is 2.43. The molecule has 0 aliphatic carbocycles. The number of hydrogen-bond donors (Lipinski definition) is 1. The van der Waals surface area contributed by atoms with E-state index < -0.39 is 24.3 Å². The van der Waals surface area contributed by atoms with Crippen LogP contribution in [0.15, 0.2) is 36.4 Å². The molecular formula is C19H16Cl4O5. The number of aliphatic hydroxyl groups excluding tert-OH is 1. The monoisotopic (exact) mass is 464 g/mol. The number of carbonyl (C=O) groups excluding carboxylic acids is 1. The Bertz CT molecular complexity index is 860. The Morgan fingerprint density at radius 1 is 0.929 bits per heavy atom. The van der Waals surface area contributed by atoms with Gasteiger partial charge in [-0.1, -0.05) is 58.5 Å². The molecule has 0 radical (unpaired) electrons. The van der Waals surface area contributed by atoms with Crippen molar-refractivity contribution in [3.8, 4) is 0 Å². The van der Waals surface area contributed by atoms with E-state index >= 15 is 0 Å². The third kappa shape index (κ3) is 5.38. The first-order valence-electron chi connectivity index (χ1n) is 8.29. The van der Waals surface area contributed by atoms with Crippen LogP contribution in [0.25, 0.3) is 0 Å². The summed E-state index contributed by atoms with van der Waals surface area (Å²) >= 11 is 24.0. The van der Waals surface area contributed by atoms with E-state index in [0.29, 0.717) is 25.7 Å². The molecule has 150 valence electrons. The molecule has 1 fully saturated rings. The second kappa shape index (κ2) is 9.74. The molecule has 9 heteroatoms. The number of Topliss-reactive ketones (excluding diaryl/α,β-unsaturated/α-hetero) is 1. The van der Waals surface area contributed by atoms with Crippen LogP contribution >= 0.6 is 46.4 Å². The van der Waals surface area contributed by atoms with Crippen molar-refractivity contribution in [2.45, 2.75) is 31.7 Å². The van der Waals surface area contributed by atoms with E-state index in [1.54, 1.807) is 36.4 Å². The minimum absolute atomic E-state index is 0.0285. The Morgan fingerprint density at radius 3 is 2.07 bits per heavy atom. The molecule has 1 heterocycles. The first-order valence-corrected chi connectivity index (χ1v) is 9.81. The minimum Gasteiger partial charge on any atom is -0.374 e. The molecule has 0 unspecified atom stereocenters. The molecule has 0 saturated carbocycles. The van der Waals surface area contributed by atoms with E-state index in [4.69, 9.17) is 60.6 Å². The largest absolute Gasteiger partial charge is 0.374 e. The van der Waals surface area contributed by atoms with Gasteiger partial charge < -0.3 is 19.3 Å². The number of rotatable bonds is 7. The lowest BCUT2D eigenvalue weighted by Gasteiger charge is -2.18. The van der Waals surface area contributed by atoms with Crippen molar-refractivity contribution < 1.29 is 24.1 Å². The second-order valence-corrected chi connectivity index (χ2v) is 7.83. The summed E-state index contributed by atoms with van der Waals surface area (Å²) in [7, 11) is 0. The summed E-state index contributed by atoms with van der Waals surface area (Å²) in [6.07, 6.45) is -3.31. The van der Waals surface area contributed by atoms with Gasteiger partial charge in [-0.3, -0.25) is 4.79 Å². The molecule has 1 saturated heterocycles. The number of ether oxygens (including phenoxy) is 3. The van der Waals surface area contributed by atoms with Crippen molar-refractivity contribution in [2.75, 3.05) is 6.61 Å². The highest BCUT2D eigenvalue weighted by atomic mass is 35.5. The Hall–Kier alpha value is -0.890. The Balaban J connectivity index is 1.58. The molecule has 0 spiro atoms. The normalized spacial score (nSPS) is 22.0. The number of carbonyl (C=O) groups is 1. The van der Waals surface area contributed by atoms with Gasteiger partial charge in [0.1, 0.15) is 12.2 Å². The van der Waals surface area contributed by atoms with E-state index in [-0.39, 0.29) is 19.8 Å². The van der Waals surface area contributed by atoms with Gasteiger partial charge in [-0.05, 0) is 35.4 Å². The van der Waals surface area contributed by atoms with Crippen LogP contribution in [-0.2, 0) is 32.2 Å². The molecule has 28 heavy (non-hydrogen) atoms. The molecule has 3 rings (SSSR count). The molecule has 2 aromatic carbocycles. The Kier molecular flexibility index (Phi) is 7.59. The van der Waals surface area contributed by atoms with Gasteiger partial charge in [-0.2, -0.15) is 0 Å². The molecule has 1 N–H and O–H groups in total. The third-order valence-electron chi connectivity index (χ3n) is 4.15. The fraction of sp³-hybridized carbons (Fsp3) is 0.316. The summed E-state index contributed by atoms with van der Waals surface area (Å²) in [5.41, 5.74) is 1.40. The molecular weight excluding hydrogens is 450 g/mol. The van der Waals surface area contributed by atoms with Gasteiger partial charge in [-0.25, -0.2) is 0 Å². The third-order valence-corrected chi connectivity index (χ3v) is 5.33. The smallest absolute Gasteiger partial charge is 0.219 e. The molecule has 1 aliphatic heterocycles. The lowest BCUT2D eigenvalue weighted by Crippen LogP contribution is -2.34. The van der Waals surface area contributed by atoms with E-state index in [2.05, 4.69) is 0 Å². The van der Waals surface area contributed by atoms with E-state index in [0.717, 1.165) is 5.56 Å². The zero-order chi connectivity index (χ0) is 20.3. The van der Waals surface area contributed by atoms with Crippen molar-refractivity contribution in [1.29, 1.82) is 0 Å². The number of aliphatic hydroxyl groups is 1. The summed E-state index contributed by atoms with van der Waals surface area (Å²) in [6.45, 7) is 0.276. The first-order chi connectivity index (χ1) is 13.3. The second-order valence-electron chi connectivity index (χ2n) is 6.15. The standard InChI is InChI=1S/C19H16Cl4O5/c20-12-3-1-10(14(22)5-12)7-26-9-16-18(17(24)19(25)28-16)27-8-11-2-4-13(21)6-15(11)23/h1-6,16,18-19,25H,7-9H2/t16-,18-,19+/m1/s1. The quantitative estimate of drug-likeness (QED) is 0.642. The summed E-state index contributed by atoms with van der Waals surface area (Å²) in [5, 5.41) is 11.6. The highest BCUT2D eigenvalue weighted by molar-refractivity contribution is 6.35. The summed E-state index contributed by atoms with van der Waals surface area (Å²) in [6, 6.07) is 10.0. The fourth-order valence-corrected chi connectivity index (χ4v) is 3.61. The van der Waals surface area contributed by atoms with E-state index in [9.17, 15) is 9.90 Å². The average molecular weight is 466 g/mol. The molecule has 0 aromatic heterocycles. The predicted octanol–water partition coefficient (Wildman–Crippen LogP) is 4.69. The van der Waals surface area contributed by atoms with Crippen LogP contribution in [-0.4, -0.2) is 36.0 Å². The van der Waals surface area contributed by atoms with Crippen molar-refractivity contribution in [2.24, 2.45) is 0 Å². The van der Waals surface area contributed by atoms with Gasteiger partial charge in [-0.15, -0.1) is 0 Å². The summed E-state index contributed by atoms with van der Waals surface area (Å²) in [4.78, 5) is 12.2. The Labute approximate surface area is 182 Å². The number of ketones is 1. The zero-order valence-corrected chi connectivity index (χ0v) is 17.4. The first kappa shape index (κ1) is 21.8. The van der Waals surface area contributed by atoms with Gasteiger partial charge in [0.2, 0.25) is 12.1 Å². The van der Waals surface area contributed by atoms with Crippen LogP contribution in [0.3, 0.4) is 0 Å². The SMILES string of the molecule is O=C1[C@@H](O)O[C@H](COCc2ccc(Cl)cc2Cl)[C@H]1OCc1ccc(Cl)cc1Cl. The summed E-state index contributed by atoms with van der Waals surface area (Å²) < 4.78 is 16.5. The number of benzene rings is 2. The number of hydrogen-bond acceptors (Lipinski definition) is 5.